The van der Waals surface area contributed by atoms with E-state index in [1.54, 1.807) is 11.9 Å². The number of fused-ring (bicyclic) bond motifs is 2. The zero-order valence-electron chi connectivity index (χ0n) is 16.3. The van der Waals surface area contributed by atoms with Crippen molar-refractivity contribution in [3.05, 3.63) is 30.3 Å². The van der Waals surface area contributed by atoms with Crippen molar-refractivity contribution in [2.75, 3.05) is 18.5 Å². The number of para-hydroxylation sites is 1. The van der Waals surface area contributed by atoms with E-state index in [-0.39, 0.29) is 17.7 Å². The lowest BCUT2D eigenvalue weighted by Crippen LogP contribution is -2.64. The van der Waals surface area contributed by atoms with Crippen LogP contribution in [0.4, 0.5) is 5.69 Å². The largest absolute Gasteiger partial charge is 0.312 e. The minimum Gasteiger partial charge on any atom is -0.312 e. The number of likely N-dealkylation sites (tertiary alicyclic amines) is 1. The average molecular weight is 356 g/mol. The molecule has 1 saturated heterocycles. The third-order valence-corrected chi connectivity index (χ3v) is 6.13. The van der Waals surface area contributed by atoms with Crippen LogP contribution < -0.4 is 4.90 Å². The molecule has 3 rings (SSSR count). The Morgan fingerprint density at radius 2 is 1.50 bits per heavy atom. The van der Waals surface area contributed by atoms with E-state index in [4.69, 9.17) is 0 Å². The number of hydrogen-bond acceptors (Lipinski definition) is 3. The third kappa shape index (κ3) is 2.65. The van der Waals surface area contributed by atoms with Gasteiger partial charge in [-0.1, -0.05) is 39.0 Å². The first-order valence-electron chi connectivity index (χ1n) is 9.26. The zero-order valence-corrected chi connectivity index (χ0v) is 16.3. The van der Waals surface area contributed by atoms with Gasteiger partial charge in [0.05, 0.1) is 0 Å². The first-order chi connectivity index (χ1) is 12.1. The number of rotatable bonds is 3. The van der Waals surface area contributed by atoms with Crippen LogP contribution in [0, 0.1) is 16.2 Å². The normalized spacial score (nSPS) is 34.0. The third-order valence-electron chi connectivity index (χ3n) is 6.13. The number of piperidine rings is 1. The van der Waals surface area contributed by atoms with Gasteiger partial charge >= 0.3 is 0 Å². The second-order valence-corrected chi connectivity index (χ2v) is 8.77. The standard InChI is InChI=1S/C21H28N2O3/c1-6-23(15-10-8-7-9-11-15)18(26)21(4)13-19(2)12-20(3,14-21)17(25)22(5)16(19)24/h7-11H,6,12-14H2,1-5H3. The molecule has 0 aromatic heterocycles. The van der Waals surface area contributed by atoms with Crippen molar-refractivity contribution in [2.24, 2.45) is 16.2 Å². The van der Waals surface area contributed by atoms with Crippen LogP contribution in [0.25, 0.3) is 0 Å². The molecule has 1 saturated carbocycles. The number of anilines is 1. The number of amides is 3. The van der Waals surface area contributed by atoms with Crippen LogP contribution in [0.1, 0.15) is 47.0 Å². The molecule has 2 unspecified atom stereocenters. The van der Waals surface area contributed by atoms with Crippen LogP contribution in [-0.2, 0) is 14.4 Å². The highest BCUT2D eigenvalue weighted by Gasteiger charge is 2.62. The molecule has 0 spiro atoms. The fraction of sp³-hybridized carbons (Fsp3) is 0.571. The van der Waals surface area contributed by atoms with Crippen LogP contribution in [0.5, 0.6) is 0 Å². The highest BCUT2D eigenvalue weighted by molar-refractivity contribution is 6.05. The van der Waals surface area contributed by atoms with E-state index in [1.807, 2.05) is 58.0 Å². The minimum atomic E-state index is -0.750. The number of imide groups is 1. The molecule has 1 heterocycles. The molecule has 2 bridgehead atoms. The lowest BCUT2D eigenvalue weighted by molar-refractivity contribution is -0.177. The molecule has 1 aromatic rings. The van der Waals surface area contributed by atoms with Gasteiger partial charge < -0.3 is 4.90 Å². The van der Waals surface area contributed by atoms with Gasteiger partial charge in [-0.3, -0.25) is 19.3 Å². The second-order valence-electron chi connectivity index (χ2n) is 8.77. The van der Waals surface area contributed by atoms with Crippen LogP contribution in [0.2, 0.25) is 0 Å². The summed E-state index contributed by atoms with van der Waals surface area (Å²) in [6, 6.07) is 9.58. The van der Waals surface area contributed by atoms with Crippen LogP contribution in [-0.4, -0.2) is 36.2 Å². The number of hydrogen-bond donors (Lipinski definition) is 0. The maximum atomic E-state index is 13.6. The summed E-state index contributed by atoms with van der Waals surface area (Å²) in [7, 11) is 1.56. The first-order valence-corrected chi connectivity index (χ1v) is 9.26. The molecule has 26 heavy (non-hydrogen) atoms. The molecule has 5 nitrogen and oxygen atoms in total. The van der Waals surface area contributed by atoms with Gasteiger partial charge in [-0.15, -0.1) is 0 Å². The summed E-state index contributed by atoms with van der Waals surface area (Å²) >= 11 is 0. The molecule has 0 radical (unpaired) electrons. The summed E-state index contributed by atoms with van der Waals surface area (Å²) in [6.45, 7) is 8.22. The molecule has 0 N–H and O–H groups in total. The summed E-state index contributed by atoms with van der Waals surface area (Å²) in [4.78, 5) is 42.2. The molecule has 2 atom stereocenters. The van der Waals surface area contributed by atoms with Crippen molar-refractivity contribution in [1.82, 2.24) is 4.90 Å². The quantitative estimate of drug-likeness (QED) is 0.781. The minimum absolute atomic E-state index is 0.00602. The zero-order chi connectivity index (χ0) is 19.3. The first kappa shape index (κ1) is 18.6. The van der Waals surface area contributed by atoms with Gasteiger partial charge in [-0.2, -0.15) is 0 Å². The lowest BCUT2D eigenvalue weighted by atomic mass is 9.51. The molecule has 140 valence electrons. The highest BCUT2D eigenvalue weighted by Crippen LogP contribution is 2.58. The average Bonchev–Trinajstić information content (AvgIpc) is 2.59. The van der Waals surface area contributed by atoms with Crippen molar-refractivity contribution < 1.29 is 14.4 Å². The topological polar surface area (TPSA) is 57.7 Å². The van der Waals surface area contributed by atoms with Crippen molar-refractivity contribution in [2.45, 2.75) is 47.0 Å². The molecule has 1 aliphatic carbocycles. The number of benzene rings is 1. The van der Waals surface area contributed by atoms with Crippen molar-refractivity contribution in [1.29, 1.82) is 0 Å². The summed E-state index contributed by atoms with van der Waals surface area (Å²) in [5.74, 6) is -0.337. The second kappa shape index (κ2) is 5.93. The van der Waals surface area contributed by atoms with Gasteiger partial charge in [-0.05, 0) is 38.3 Å². The van der Waals surface area contributed by atoms with Gasteiger partial charge in [0.1, 0.15) is 0 Å². The Balaban J connectivity index is 2.01. The maximum Gasteiger partial charge on any atom is 0.234 e. The molecule has 2 aliphatic rings. The fourth-order valence-electron chi connectivity index (χ4n) is 5.50. The summed E-state index contributed by atoms with van der Waals surface area (Å²) in [6.07, 6.45) is 1.45. The molecule has 3 amide bonds. The van der Waals surface area contributed by atoms with Gasteiger partial charge in [0.2, 0.25) is 17.7 Å². The smallest absolute Gasteiger partial charge is 0.234 e. The van der Waals surface area contributed by atoms with Crippen molar-refractivity contribution in [3.63, 3.8) is 0 Å². The molecule has 2 fully saturated rings. The summed E-state index contributed by atoms with van der Waals surface area (Å²) in [5, 5.41) is 0. The van der Waals surface area contributed by atoms with E-state index in [9.17, 15) is 14.4 Å². The molecular formula is C21H28N2O3. The Morgan fingerprint density at radius 1 is 1.00 bits per heavy atom. The Bertz CT molecular complexity index is 730. The molecular weight excluding hydrogens is 328 g/mol. The Kier molecular flexibility index (Phi) is 4.25. The van der Waals surface area contributed by atoms with E-state index in [0.29, 0.717) is 25.8 Å². The van der Waals surface area contributed by atoms with E-state index in [0.717, 1.165) is 5.69 Å². The van der Waals surface area contributed by atoms with E-state index >= 15 is 0 Å². The van der Waals surface area contributed by atoms with E-state index in [1.165, 1.54) is 4.90 Å². The fourth-order valence-corrected chi connectivity index (χ4v) is 5.50. The number of carbonyl (C=O) groups excluding carboxylic acids is 3. The highest BCUT2D eigenvalue weighted by atomic mass is 16.2. The van der Waals surface area contributed by atoms with Gasteiger partial charge in [0, 0.05) is 35.5 Å². The van der Waals surface area contributed by atoms with E-state index in [2.05, 4.69) is 0 Å². The van der Waals surface area contributed by atoms with Crippen LogP contribution >= 0.6 is 0 Å². The Hall–Kier alpha value is -2.17. The van der Waals surface area contributed by atoms with Gasteiger partial charge in [0.15, 0.2) is 0 Å². The van der Waals surface area contributed by atoms with Crippen molar-refractivity contribution in [3.8, 4) is 0 Å². The number of nitrogens with zero attached hydrogens (tertiary/aromatic N) is 2. The lowest BCUT2D eigenvalue weighted by Gasteiger charge is -2.56. The monoisotopic (exact) mass is 356 g/mol. The predicted molar refractivity (Wildman–Crippen MR) is 100 cm³/mol. The maximum absolute atomic E-state index is 13.6. The van der Waals surface area contributed by atoms with Gasteiger partial charge in [-0.25, -0.2) is 0 Å². The molecule has 1 aromatic carbocycles. The summed E-state index contributed by atoms with van der Waals surface area (Å²) in [5.41, 5.74) is -1.27. The Labute approximate surface area is 155 Å². The van der Waals surface area contributed by atoms with Crippen molar-refractivity contribution >= 4 is 23.4 Å². The number of carbonyl (C=O) groups is 3. The van der Waals surface area contributed by atoms with Crippen LogP contribution in [0.15, 0.2) is 30.3 Å². The molecule has 1 aliphatic heterocycles. The van der Waals surface area contributed by atoms with Gasteiger partial charge in [0.25, 0.3) is 0 Å². The molecule has 5 heteroatoms. The SMILES string of the molecule is CCN(C(=O)C1(C)CC2(C)CC(C)(C1)C(=O)N(C)C2=O)c1ccccc1. The summed E-state index contributed by atoms with van der Waals surface area (Å²) < 4.78 is 0. The predicted octanol–water partition coefficient (Wildman–Crippen LogP) is 3.24. The van der Waals surface area contributed by atoms with Crippen LogP contribution in [0.3, 0.4) is 0 Å². The Morgan fingerprint density at radius 3 is 1.96 bits per heavy atom. The van der Waals surface area contributed by atoms with E-state index < -0.39 is 16.2 Å².